The maximum atomic E-state index is 9.74. The molecule has 0 radical (unpaired) electrons. The topological polar surface area (TPSA) is 85.1 Å². The van der Waals surface area contributed by atoms with Crippen LogP contribution in [-0.2, 0) is 6.61 Å². The maximum absolute atomic E-state index is 9.74. The number of benzene rings is 1. The number of aromatic nitrogens is 1. The SMILES string of the molecule is N#Cc1c(-c2ccoc2)cc(-c2cccs2)nc1OCc1ccc(N)cc1. The van der Waals surface area contributed by atoms with Gasteiger partial charge < -0.3 is 14.9 Å². The lowest BCUT2D eigenvalue weighted by atomic mass is 10.0. The van der Waals surface area contributed by atoms with E-state index in [1.165, 1.54) is 0 Å². The first-order chi connectivity index (χ1) is 13.2. The second kappa shape index (κ2) is 7.36. The Kier molecular flexibility index (Phi) is 4.60. The zero-order valence-electron chi connectivity index (χ0n) is 14.3. The highest BCUT2D eigenvalue weighted by Crippen LogP contribution is 2.35. The Morgan fingerprint density at radius 2 is 2.04 bits per heavy atom. The van der Waals surface area contributed by atoms with Crippen molar-refractivity contribution < 1.29 is 9.15 Å². The summed E-state index contributed by atoms with van der Waals surface area (Å²) in [5.74, 6) is 0.302. The second-order valence-electron chi connectivity index (χ2n) is 5.87. The van der Waals surface area contributed by atoms with Gasteiger partial charge in [0.05, 0.1) is 23.1 Å². The zero-order chi connectivity index (χ0) is 18.6. The van der Waals surface area contributed by atoms with E-state index < -0.39 is 0 Å². The molecular formula is C21H15N3O2S. The molecule has 4 aromatic rings. The van der Waals surface area contributed by atoms with Crippen LogP contribution in [0.15, 0.2) is 70.9 Å². The number of hydrogen-bond donors (Lipinski definition) is 1. The van der Waals surface area contributed by atoms with Crippen molar-refractivity contribution in [1.29, 1.82) is 5.26 Å². The molecule has 0 amide bonds. The van der Waals surface area contributed by atoms with Gasteiger partial charge in [0.25, 0.3) is 0 Å². The monoisotopic (exact) mass is 373 g/mol. The van der Waals surface area contributed by atoms with Gasteiger partial charge in [-0.15, -0.1) is 11.3 Å². The molecule has 5 nitrogen and oxygen atoms in total. The van der Waals surface area contributed by atoms with Crippen LogP contribution in [0.3, 0.4) is 0 Å². The number of anilines is 1. The summed E-state index contributed by atoms with van der Waals surface area (Å²) in [6.45, 7) is 0.292. The summed E-state index contributed by atoms with van der Waals surface area (Å²) < 4.78 is 11.1. The number of pyridine rings is 1. The average Bonchev–Trinajstić information content (AvgIpc) is 3.40. The third kappa shape index (κ3) is 3.54. The van der Waals surface area contributed by atoms with Crippen LogP contribution in [0, 0.1) is 11.3 Å². The van der Waals surface area contributed by atoms with Crippen molar-refractivity contribution in [3.8, 4) is 33.6 Å². The lowest BCUT2D eigenvalue weighted by molar-refractivity contribution is 0.293. The molecule has 0 saturated carbocycles. The largest absolute Gasteiger partial charge is 0.472 e. The highest BCUT2D eigenvalue weighted by molar-refractivity contribution is 7.13. The van der Waals surface area contributed by atoms with Crippen molar-refractivity contribution in [1.82, 2.24) is 4.98 Å². The van der Waals surface area contributed by atoms with Crippen LogP contribution in [0.25, 0.3) is 21.7 Å². The molecule has 0 fully saturated rings. The molecule has 27 heavy (non-hydrogen) atoms. The van der Waals surface area contributed by atoms with Gasteiger partial charge in [0, 0.05) is 16.8 Å². The Bertz CT molecular complexity index is 1080. The number of ether oxygens (including phenoxy) is 1. The Balaban J connectivity index is 1.76. The van der Waals surface area contributed by atoms with E-state index >= 15 is 0 Å². The molecule has 0 bridgehead atoms. The van der Waals surface area contributed by atoms with Gasteiger partial charge in [-0.2, -0.15) is 5.26 Å². The van der Waals surface area contributed by atoms with Crippen molar-refractivity contribution in [2.45, 2.75) is 6.61 Å². The molecule has 0 aliphatic carbocycles. The van der Waals surface area contributed by atoms with Gasteiger partial charge >= 0.3 is 0 Å². The first-order valence-corrected chi connectivity index (χ1v) is 9.11. The lowest BCUT2D eigenvalue weighted by Gasteiger charge is -2.12. The minimum Gasteiger partial charge on any atom is -0.472 e. The molecule has 0 unspecified atom stereocenters. The Hall–Kier alpha value is -3.56. The van der Waals surface area contributed by atoms with Gasteiger partial charge in [0.2, 0.25) is 5.88 Å². The Labute approximate surface area is 160 Å². The molecule has 0 aliphatic rings. The maximum Gasteiger partial charge on any atom is 0.233 e. The number of thiophene rings is 1. The second-order valence-corrected chi connectivity index (χ2v) is 6.81. The van der Waals surface area contributed by atoms with Crippen molar-refractivity contribution in [3.63, 3.8) is 0 Å². The van der Waals surface area contributed by atoms with Gasteiger partial charge in [-0.3, -0.25) is 0 Å². The molecule has 0 spiro atoms. The van der Waals surface area contributed by atoms with Crippen LogP contribution in [0.5, 0.6) is 5.88 Å². The minimum atomic E-state index is 0.292. The molecule has 0 aliphatic heterocycles. The van der Waals surface area contributed by atoms with E-state index in [9.17, 15) is 5.26 Å². The zero-order valence-corrected chi connectivity index (χ0v) is 15.1. The molecule has 1 aromatic carbocycles. The number of hydrogen-bond acceptors (Lipinski definition) is 6. The molecular weight excluding hydrogens is 358 g/mol. The molecule has 3 aromatic heterocycles. The number of nitrogens with two attached hydrogens (primary N) is 1. The lowest BCUT2D eigenvalue weighted by Crippen LogP contribution is -2.02. The van der Waals surface area contributed by atoms with E-state index in [0.29, 0.717) is 23.7 Å². The van der Waals surface area contributed by atoms with Crippen LogP contribution in [0.4, 0.5) is 5.69 Å². The summed E-state index contributed by atoms with van der Waals surface area (Å²) in [4.78, 5) is 5.60. The summed E-state index contributed by atoms with van der Waals surface area (Å²) in [5.41, 5.74) is 10.0. The number of nitrogen functional groups attached to an aromatic ring is 1. The van der Waals surface area contributed by atoms with Gasteiger partial charge in [-0.05, 0) is 41.3 Å². The van der Waals surface area contributed by atoms with Crippen molar-refractivity contribution in [3.05, 3.63) is 77.6 Å². The average molecular weight is 373 g/mol. The normalized spacial score (nSPS) is 10.5. The summed E-state index contributed by atoms with van der Waals surface area (Å²) in [6.07, 6.45) is 3.19. The standard InChI is InChI=1S/C21H15N3O2S/c22-11-18-17(15-7-8-25-13-15)10-19(20-2-1-9-27-20)24-21(18)26-12-14-3-5-16(23)6-4-14/h1-10,13H,12,23H2. The molecule has 2 N–H and O–H groups in total. The molecule has 0 atom stereocenters. The van der Waals surface area contributed by atoms with E-state index in [-0.39, 0.29) is 0 Å². The van der Waals surface area contributed by atoms with Crippen LogP contribution in [-0.4, -0.2) is 4.98 Å². The van der Waals surface area contributed by atoms with Crippen LogP contribution in [0.2, 0.25) is 0 Å². The quantitative estimate of drug-likeness (QED) is 0.492. The molecule has 4 rings (SSSR count). The highest BCUT2D eigenvalue weighted by atomic mass is 32.1. The third-order valence-electron chi connectivity index (χ3n) is 4.06. The number of nitrogens with zero attached hydrogens (tertiary/aromatic N) is 2. The smallest absolute Gasteiger partial charge is 0.233 e. The van der Waals surface area contributed by atoms with Gasteiger partial charge in [-0.1, -0.05) is 18.2 Å². The fourth-order valence-corrected chi connectivity index (χ4v) is 3.38. The summed E-state index contributed by atoms with van der Waals surface area (Å²) in [6, 6.07) is 17.3. The van der Waals surface area contributed by atoms with Gasteiger partial charge in [0.1, 0.15) is 18.2 Å². The number of rotatable bonds is 5. The van der Waals surface area contributed by atoms with Crippen LogP contribution >= 0.6 is 11.3 Å². The number of furan rings is 1. The molecule has 132 valence electrons. The van der Waals surface area contributed by atoms with Gasteiger partial charge in [0.15, 0.2) is 0 Å². The predicted molar refractivity (Wildman–Crippen MR) is 105 cm³/mol. The molecule has 0 saturated heterocycles. The third-order valence-corrected chi connectivity index (χ3v) is 4.95. The van der Waals surface area contributed by atoms with E-state index in [0.717, 1.165) is 27.3 Å². The minimum absolute atomic E-state index is 0.292. The molecule has 3 heterocycles. The van der Waals surface area contributed by atoms with Crippen molar-refractivity contribution >= 4 is 17.0 Å². The summed E-state index contributed by atoms with van der Waals surface area (Å²) >= 11 is 1.58. The van der Waals surface area contributed by atoms with Gasteiger partial charge in [-0.25, -0.2) is 4.98 Å². The first-order valence-electron chi connectivity index (χ1n) is 8.23. The highest BCUT2D eigenvalue weighted by Gasteiger charge is 2.17. The van der Waals surface area contributed by atoms with Crippen LogP contribution in [0.1, 0.15) is 11.1 Å². The Morgan fingerprint density at radius 3 is 2.70 bits per heavy atom. The summed E-state index contributed by atoms with van der Waals surface area (Å²) in [7, 11) is 0. The van der Waals surface area contributed by atoms with Crippen molar-refractivity contribution in [2.24, 2.45) is 0 Å². The summed E-state index contributed by atoms with van der Waals surface area (Å²) in [5, 5.41) is 11.7. The first kappa shape index (κ1) is 16.9. The predicted octanol–water partition coefficient (Wildman–Crippen LogP) is 5.10. The van der Waals surface area contributed by atoms with Crippen LogP contribution < -0.4 is 10.5 Å². The Morgan fingerprint density at radius 1 is 1.19 bits per heavy atom. The van der Waals surface area contributed by atoms with E-state index in [1.807, 2.05) is 53.9 Å². The fourth-order valence-electron chi connectivity index (χ4n) is 2.70. The van der Waals surface area contributed by atoms with Crippen molar-refractivity contribution in [2.75, 3.05) is 5.73 Å². The van der Waals surface area contributed by atoms with E-state index in [2.05, 4.69) is 11.1 Å². The number of nitriles is 1. The molecule has 6 heteroatoms. The van der Waals surface area contributed by atoms with E-state index in [1.54, 1.807) is 23.9 Å². The van der Waals surface area contributed by atoms with E-state index in [4.69, 9.17) is 14.9 Å². The fraction of sp³-hybridized carbons (Fsp3) is 0.0476.